The van der Waals surface area contributed by atoms with Gasteiger partial charge in [-0.3, -0.25) is 0 Å². The maximum Gasteiger partial charge on any atom is 0.0693 e. The first-order valence-electron chi connectivity index (χ1n) is 6.09. The molecule has 0 N–H and O–H groups in total. The summed E-state index contributed by atoms with van der Waals surface area (Å²) in [5.74, 6) is 0. The van der Waals surface area contributed by atoms with Crippen molar-refractivity contribution in [2.24, 2.45) is 5.41 Å². The van der Waals surface area contributed by atoms with E-state index in [-0.39, 0.29) is 10.8 Å². The molecule has 0 bridgehead atoms. The van der Waals surface area contributed by atoms with Gasteiger partial charge in [0.15, 0.2) is 0 Å². The highest BCUT2D eigenvalue weighted by atomic mass is 14.5. The molecule has 2 rings (SSSR count). The van der Waals surface area contributed by atoms with Gasteiger partial charge >= 0.3 is 0 Å². The molecule has 1 aromatic rings. The Morgan fingerprint density at radius 1 is 1.12 bits per heavy atom. The van der Waals surface area contributed by atoms with Crippen LogP contribution in [0.4, 0.5) is 0 Å². The van der Waals surface area contributed by atoms with E-state index in [0.717, 1.165) is 12.8 Å². The summed E-state index contributed by atoms with van der Waals surface area (Å²) in [4.78, 5) is 0. The Balaban J connectivity index is 2.50. The van der Waals surface area contributed by atoms with E-state index in [4.69, 9.17) is 0 Å². The van der Waals surface area contributed by atoms with Gasteiger partial charge in [-0.15, -0.1) is 0 Å². The normalized spacial score (nSPS) is 19.3. The zero-order valence-corrected chi connectivity index (χ0v) is 10.2. The van der Waals surface area contributed by atoms with Crippen molar-refractivity contribution in [1.82, 2.24) is 0 Å². The smallest absolute Gasteiger partial charge is 0.0693 e. The van der Waals surface area contributed by atoms with Crippen LogP contribution >= 0.6 is 0 Å². The molecule has 16 heavy (non-hydrogen) atoms. The molecule has 1 nitrogen and oxygen atoms in total. The van der Waals surface area contributed by atoms with E-state index in [1.165, 1.54) is 18.4 Å². The predicted octanol–water partition coefficient (Wildman–Crippen LogP) is 4.05. The lowest BCUT2D eigenvalue weighted by molar-refractivity contribution is 0.233. The van der Waals surface area contributed by atoms with Gasteiger partial charge in [0.05, 0.1) is 11.5 Å². The van der Waals surface area contributed by atoms with Crippen molar-refractivity contribution in [3.63, 3.8) is 0 Å². The zero-order valence-electron chi connectivity index (χ0n) is 10.2. The third kappa shape index (κ3) is 1.53. The topological polar surface area (TPSA) is 23.8 Å². The zero-order chi connectivity index (χ0) is 11.6. The molecule has 0 aromatic heterocycles. The molecule has 0 radical (unpaired) electrons. The second-order valence-corrected chi connectivity index (χ2v) is 5.39. The molecular weight excluding hydrogens is 194 g/mol. The van der Waals surface area contributed by atoms with Gasteiger partial charge in [0.25, 0.3) is 0 Å². The van der Waals surface area contributed by atoms with Crippen molar-refractivity contribution in [3.05, 3.63) is 35.9 Å². The fourth-order valence-corrected chi connectivity index (χ4v) is 3.12. The molecule has 1 aliphatic rings. The van der Waals surface area contributed by atoms with Crippen molar-refractivity contribution in [2.75, 3.05) is 0 Å². The highest BCUT2D eigenvalue weighted by Crippen LogP contribution is 2.52. The minimum absolute atomic E-state index is 0.0724. The first-order chi connectivity index (χ1) is 7.62. The van der Waals surface area contributed by atoms with Crippen molar-refractivity contribution in [2.45, 2.75) is 44.9 Å². The lowest BCUT2D eigenvalue weighted by Gasteiger charge is -2.40. The number of rotatable bonds is 2. The van der Waals surface area contributed by atoms with Gasteiger partial charge in [0.1, 0.15) is 0 Å². The highest BCUT2D eigenvalue weighted by Gasteiger charge is 2.48. The molecule has 1 fully saturated rings. The quantitative estimate of drug-likeness (QED) is 0.727. The molecule has 0 aliphatic heterocycles. The monoisotopic (exact) mass is 213 g/mol. The summed E-state index contributed by atoms with van der Waals surface area (Å²) in [6.45, 7) is 4.18. The third-order valence-electron chi connectivity index (χ3n) is 4.26. The SMILES string of the molecule is CC(C)(C#N)C1(c2ccccc2)CCCC1. The van der Waals surface area contributed by atoms with E-state index in [2.05, 4.69) is 44.2 Å². The molecule has 84 valence electrons. The summed E-state index contributed by atoms with van der Waals surface area (Å²) in [7, 11) is 0. The summed E-state index contributed by atoms with van der Waals surface area (Å²) in [5, 5.41) is 9.43. The molecule has 0 saturated heterocycles. The van der Waals surface area contributed by atoms with Crippen LogP contribution in [0.5, 0.6) is 0 Å². The Hall–Kier alpha value is -1.29. The standard InChI is InChI=1S/C15H19N/c1-14(2,12-16)15(10-6-7-11-15)13-8-4-3-5-9-13/h3-5,8-9H,6-7,10-11H2,1-2H3. The van der Waals surface area contributed by atoms with Crippen molar-refractivity contribution in [3.8, 4) is 6.07 Å². The summed E-state index contributed by atoms with van der Waals surface area (Å²) in [6.07, 6.45) is 4.80. The van der Waals surface area contributed by atoms with E-state index in [1.54, 1.807) is 0 Å². The van der Waals surface area contributed by atoms with Gasteiger partial charge < -0.3 is 0 Å². The molecule has 0 amide bonds. The third-order valence-corrected chi connectivity index (χ3v) is 4.26. The van der Waals surface area contributed by atoms with E-state index in [1.807, 2.05) is 6.07 Å². The molecule has 0 atom stereocenters. The fraction of sp³-hybridized carbons (Fsp3) is 0.533. The Kier molecular flexibility index (Phi) is 2.76. The van der Waals surface area contributed by atoms with Gasteiger partial charge in [0, 0.05) is 5.41 Å². The fourth-order valence-electron chi connectivity index (χ4n) is 3.12. The summed E-state index contributed by atoms with van der Waals surface area (Å²) in [5.41, 5.74) is 1.15. The minimum atomic E-state index is -0.273. The first kappa shape index (κ1) is 11.2. The van der Waals surface area contributed by atoms with Crippen LogP contribution in [-0.4, -0.2) is 0 Å². The lowest BCUT2D eigenvalue weighted by atomic mass is 9.61. The summed E-state index contributed by atoms with van der Waals surface area (Å²) < 4.78 is 0. The van der Waals surface area contributed by atoms with Crippen LogP contribution in [0.15, 0.2) is 30.3 Å². The molecule has 1 aromatic carbocycles. The maximum absolute atomic E-state index is 9.43. The van der Waals surface area contributed by atoms with Gasteiger partial charge in [-0.25, -0.2) is 0 Å². The Morgan fingerprint density at radius 2 is 1.69 bits per heavy atom. The average molecular weight is 213 g/mol. The summed E-state index contributed by atoms with van der Waals surface area (Å²) in [6, 6.07) is 13.1. The molecule has 1 aliphatic carbocycles. The number of hydrogen-bond donors (Lipinski definition) is 0. The maximum atomic E-state index is 9.43. The average Bonchev–Trinajstić information content (AvgIpc) is 2.81. The van der Waals surface area contributed by atoms with Gasteiger partial charge in [-0.2, -0.15) is 5.26 Å². The highest BCUT2D eigenvalue weighted by molar-refractivity contribution is 5.32. The van der Waals surface area contributed by atoms with E-state index < -0.39 is 0 Å². The first-order valence-corrected chi connectivity index (χ1v) is 6.09. The van der Waals surface area contributed by atoms with Crippen LogP contribution in [0.25, 0.3) is 0 Å². The number of nitriles is 1. The van der Waals surface area contributed by atoms with Gasteiger partial charge in [-0.05, 0) is 32.3 Å². The van der Waals surface area contributed by atoms with E-state index in [0.29, 0.717) is 0 Å². The van der Waals surface area contributed by atoms with Crippen molar-refractivity contribution in [1.29, 1.82) is 5.26 Å². The van der Waals surface area contributed by atoms with Gasteiger partial charge in [-0.1, -0.05) is 43.2 Å². The molecular formula is C15H19N. The predicted molar refractivity (Wildman–Crippen MR) is 66.0 cm³/mol. The number of hydrogen-bond acceptors (Lipinski definition) is 1. The molecule has 1 saturated carbocycles. The van der Waals surface area contributed by atoms with E-state index >= 15 is 0 Å². The second kappa shape index (κ2) is 3.94. The molecule has 0 heterocycles. The van der Waals surface area contributed by atoms with Crippen LogP contribution in [0.2, 0.25) is 0 Å². The van der Waals surface area contributed by atoms with Crippen LogP contribution < -0.4 is 0 Å². The molecule has 1 heteroatoms. The van der Waals surface area contributed by atoms with Crippen molar-refractivity contribution >= 4 is 0 Å². The van der Waals surface area contributed by atoms with Crippen LogP contribution in [0, 0.1) is 16.7 Å². The summed E-state index contributed by atoms with van der Waals surface area (Å²) >= 11 is 0. The van der Waals surface area contributed by atoms with Gasteiger partial charge in [0.2, 0.25) is 0 Å². The second-order valence-electron chi connectivity index (χ2n) is 5.39. The van der Waals surface area contributed by atoms with Crippen LogP contribution in [0.3, 0.4) is 0 Å². The largest absolute Gasteiger partial charge is 0.198 e. The molecule has 0 unspecified atom stereocenters. The molecule has 0 spiro atoms. The number of nitrogens with zero attached hydrogens (tertiary/aromatic N) is 1. The van der Waals surface area contributed by atoms with Crippen LogP contribution in [0.1, 0.15) is 45.1 Å². The van der Waals surface area contributed by atoms with E-state index in [9.17, 15) is 5.26 Å². The Morgan fingerprint density at radius 3 is 2.19 bits per heavy atom. The minimum Gasteiger partial charge on any atom is -0.198 e. The Labute approximate surface area is 98.1 Å². The Bertz CT molecular complexity index is 391. The lowest BCUT2D eigenvalue weighted by Crippen LogP contribution is -2.38. The van der Waals surface area contributed by atoms with Crippen LogP contribution in [-0.2, 0) is 5.41 Å². The van der Waals surface area contributed by atoms with Crippen molar-refractivity contribution < 1.29 is 0 Å². The number of benzene rings is 1.